The summed E-state index contributed by atoms with van der Waals surface area (Å²) in [5.41, 5.74) is 6.97. The molecule has 3 heterocycles. The first kappa shape index (κ1) is 21.8. The van der Waals surface area contributed by atoms with Gasteiger partial charge in [-0.1, -0.05) is 0 Å². The van der Waals surface area contributed by atoms with Gasteiger partial charge in [0.15, 0.2) is 0 Å². The molecule has 7 rings (SSSR count). The van der Waals surface area contributed by atoms with Gasteiger partial charge in [-0.2, -0.15) is 0 Å². The summed E-state index contributed by atoms with van der Waals surface area (Å²) in [5.74, 6) is 1.05. The second kappa shape index (κ2) is 7.93. The number of pyridine rings is 1. The summed E-state index contributed by atoms with van der Waals surface area (Å²) >= 11 is 1.58. The van der Waals surface area contributed by atoms with Gasteiger partial charge in [-0.3, -0.25) is 9.59 Å². The largest absolute Gasteiger partial charge is 0.446 e. The number of carbonyl (C=O) groups excluding carboxylic acids is 2. The molecule has 1 saturated heterocycles. The van der Waals surface area contributed by atoms with Crippen LogP contribution in [0.25, 0.3) is 11.3 Å². The number of rotatable bonds is 4. The van der Waals surface area contributed by atoms with E-state index < -0.39 is 0 Å². The topological polar surface area (TPSA) is 108 Å². The highest BCUT2D eigenvalue weighted by Gasteiger charge is 2.59. The number of likely N-dealkylation sites (tertiary alicyclic amines) is 1. The maximum Gasteiger partial charge on any atom is 0.410 e. The molecule has 4 aliphatic carbocycles. The molecule has 2 aromatic rings. The van der Waals surface area contributed by atoms with Crippen LogP contribution in [0, 0.1) is 23.2 Å². The number of hydrogen-bond acceptors (Lipinski definition) is 6. The van der Waals surface area contributed by atoms with Crippen LogP contribution in [0.2, 0.25) is 0 Å². The first-order valence-electron chi connectivity index (χ1n) is 12.2. The maximum absolute atomic E-state index is 13.1. The van der Waals surface area contributed by atoms with Gasteiger partial charge in [-0.15, -0.1) is 11.3 Å². The number of primary amides is 1. The molecule has 5 fully saturated rings. The van der Waals surface area contributed by atoms with E-state index >= 15 is 0 Å². The lowest BCUT2D eigenvalue weighted by atomic mass is 9.48. The van der Waals surface area contributed by atoms with Gasteiger partial charge in [-0.25, -0.2) is 9.78 Å². The second-order valence-electron chi connectivity index (χ2n) is 10.8. The van der Waals surface area contributed by atoms with Crippen molar-refractivity contribution in [2.75, 3.05) is 13.1 Å². The molecule has 8 nitrogen and oxygen atoms in total. The lowest BCUT2D eigenvalue weighted by Crippen LogP contribution is -2.59. The number of nitrogens with zero attached hydrogens (tertiary/aromatic N) is 3. The molecule has 5 aliphatic rings. The van der Waals surface area contributed by atoms with E-state index in [1.807, 2.05) is 11.4 Å². The Morgan fingerprint density at radius 1 is 1.24 bits per heavy atom. The number of amides is 2. The number of hydrogen-bond donors (Lipinski definition) is 1. The van der Waals surface area contributed by atoms with Crippen LogP contribution in [0.3, 0.4) is 0 Å². The average Bonchev–Trinajstić information content (AvgIpc) is 3.47. The Bertz CT molecular complexity index is 1190. The van der Waals surface area contributed by atoms with E-state index in [-0.39, 0.29) is 46.8 Å². The molecule has 2 aromatic heterocycles. The predicted molar refractivity (Wildman–Crippen MR) is 127 cm³/mol. The van der Waals surface area contributed by atoms with Crippen LogP contribution < -0.4 is 11.3 Å². The van der Waals surface area contributed by atoms with Crippen LogP contribution in [-0.2, 0) is 16.6 Å². The lowest BCUT2D eigenvalue weighted by molar-refractivity contribution is -0.161. The maximum atomic E-state index is 13.1. The Morgan fingerprint density at radius 3 is 2.71 bits per heavy atom. The number of aryl methyl sites for hydroxylation is 1. The fourth-order valence-corrected chi connectivity index (χ4v) is 8.06. The quantitative estimate of drug-likeness (QED) is 0.721. The fraction of sp³-hybridized carbons (Fsp3) is 0.600. The summed E-state index contributed by atoms with van der Waals surface area (Å²) in [4.78, 5) is 43.8. The minimum absolute atomic E-state index is 0.0617. The van der Waals surface area contributed by atoms with Gasteiger partial charge in [0.05, 0.1) is 16.1 Å². The van der Waals surface area contributed by atoms with E-state index in [0.717, 1.165) is 54.8 Å². The van der Waals surface area contributed by atoms with E-state index in [9.17, 15) is 14.4 Å². The van der Waals surface area contributed by atoms with Crippen LogP contribution in [0.5, 0.6) is 0 Å². The number of nitrogens with two attached hydrogens (primary N) is 1. The summed E-state index contributed by atoms with van der Waals surface area (Å²) in [7, 11) is 1.73. The minimum atomic E-state index is -0.371. The van der Waals surface area contributed by atoms with Gasteiger partial charge in [0, 0.05) is 49.3 Å². The zero-order valence-corrected chi connectivity index (χ0v) is 20.1. The molecule has 0 radical (unpaired) electrons. The fourth-order valence-electron chi connectivity index (χ4n) is 7.11. The third kappa shape index (κ3) is 3.56. The van der Waals surface area contributed by atoms with Gasteiger partial charge in [-0.05, 0) is 62.3 Å². The molecule has 9 heteroatoms. The zero-order valence-electron chi connectivity index (χ0n) is 19.3. The molecule has 0 spiro atoms. The molecule has 34 heavy (non-hydrogen) atoms. The van der Waals surface area contributed by atoms with Gasteiger partial charge < -0.3 is 19.9 Å². The smallest absolute Gasteiger partial charge is 0.410 e. The summed E-state index contributed by atoms with van der Waals surface area (Å²) in [6.07, 6.45) is 6.78. The molecular formula is C25H30N4O4S. The van der Waals surface area contributed by atoms with Crippen molar-refractivity contribution in [3.05, 3.63) is 39.1 Å². The molecule has 2 amide bonds. The highest BCUT2D eigenvalue weighted by atomic mass is 32.1. The molecule has 0 aromatic carbocycles. The zero-order chi connectivity index (χ0) is 23.6. The Kier molecular flexibility index (Phi) is 5.09. The molecule has 4 bridgehead atoms. The Balaban J connectivity index is 1.10. The third-order valence-electron chi connectivity index (χ3n) is 8.66. The number of ether oxygens (including phenoxy) is 1. The molecule has 2 N–H and O–H groups in total. The number of carbonyl (C=O) groups is 2. The van der Waals surface area contributed by atoms with E-state index in [1.165, 1.54) is 4.57 Å². The van der Waals surface area contributed by atoms with E-state index in [1.54, 1.807) is 35.5 Å². The van der Waals surface area contributed by atoms with Gasteiger partial charge in [0.1, 0.15) is 6.10 Å². The average molecular weight is 483 g/mol. The number of thiazole rings is 1. The lowest BCUT2D eigenvalue weighted by Gasteiger charge is -2.58. The van der Waals surface area contributed by atoms with Gasteiger partial charge >= 0.3 is 6.09 Å². The van der Waals surface area contributed by atoms with Crippen molar-refractivity contribution in [2.24, 2.45) is 36.0 Å². The van der Waals surface area contributed by atoms with E-state index in [4.69, 9.17) is 15.5 Å². The summed E-state index contributed by atoms with van der Waals surface area (Å²) < 4.78 is 7.64. The van der Waals surface area contributed by atoms with Crippen molar-refractivity contribution in [3.63, 3.8) is 0 Å². The van der Waals surface area contributed by atoms with Crippen LogP contribution in [0.15, 0.2) is 28.5 Å². The summed E-state index contributed by atoms with van der Waals surface area (Å²) in [6.45, 7) is 1.25. The van der Waals surface area contributed by atoms with Crippen LogP contribution in [0.1, 0.15) is 49.5 Å². The number of aromatic nitrogens is 2. The minimum Gasteiger partial charge on any atom is -0.446 e. The predicted octanol–water partition coefficient (Wildman–Crippen LogP) is 3.11. The Hall–Kier alpha value is -2.68. The van der Waals surface area contributed by atoms with Crippen LogP contribution in [0.4, 0.5) is 4.79 Å². The van der Waals surface area contributed by atoms with E-state index in [2.05, 4.69) is 0 Å². The van der Waals surface area contributed by atoms with Gasteiger partial charge in [0.2, 0.25) is 5.91 Å². The summed E-state index contributed by atoms with van der Waals surface area (Å²) in [5, 5.41) is 2.97. The highest BCUT2D eigenvalue weighted by molar-refractivity contribution is 7.10. The first-order chi connectivity index (χ1) is 16.3. The van der Waals surface area contributed by atoms with Crippen molar-refractivity contribution in [2.45, 2.75) is 50.5 Å². The molecule has 4 unspecified atom stereocenters. The monoisotopic (exact) mass is 482 g/mol. The second-order valence-corrected chi connectivity index (χ2v) is 11.7. The van der Waals surface area contributed by atoms with E-state index in [0.29, 0.717) is 19.0 Å². The van der Waals surface area contributed by atoms with Crippen LogP contribution in [-0.4, -0.2) is 45.6 Å². The SMILES string of the molecule is Cn1ccc(-c2csc(C3CCN(C(=O)OC4C5CC6C[C@H]4C[C@@](C(N)=O)(C6)C5)C3)n2)cc1=O. The molecule has 1 aliphatic heterocycles. The molecular weight excluding hydrogens is 452 g/mol. The van der Waals surface area contributed by atoms with Crippen molar-refractivity contribution in [1.29, 1.82) is 0 Å². The Morgan fingerprint density at radius 2 is 2.00 bits per heavy atom. The van der Waals surface area contributed by atoms with Crippen molar-refractivity contribution in [1.82, 2.24) is 14.5 Å². The normalized spacial score (nSPS) is 33.9. The molecule has 4 saturated carbocycles. The molecule has 6 atom stereocenters. The highest BCUT2D eigenvalue weighted by Crippen LogP contribution is 2.60. The van der Waals surface area contributed by atoms with Gasteiger partial charge in [0.25, 0.3) is 5.56 Å². The van der Waals surface area contributed by atoms with Crippen molar-refractivity contribution >= 4 is 23.3 Å². The van der Waals surface area contributed by atoms with Crippen LogP contribution >= 0.6 is 11.3 Å². The van der Waals surface area contributed by atoms with Crippen molar-refractivity contribution in [3.8, 4) is 11.3 Å². The summed E-state index contributed by atoms with van der Waals surface area (Å²) in [6, 6.07) is 3.50. The first-order valence-corrected chi connectivity index (χ1v) is 13.1. The van der Waals surface area contributed by atoms with Crippen molar-refractivity contribution < 1.29 is 14.3 Å². The Labute approximate surface area is 202 Å². The molecule has 180 valence electrons. The standard InChI is InChI=1S/C25H30N4O4S/c1-28-4-2-15(8-20(28)30)19-13-34-22(27-19)16-3-5-29(12-16)24(32)33-21-17-6-14-7-18(21)11-25(9-14,10-17)23(26)31/h2,4,8,13-14,16-18,21H,3,5-7,9-12H2,1H3,(H2,26,31)/t14?,16?,17-,18?,21?,25-/m0/s1. The third-order valence-corrected chi connectivity index (χ3v) is 9.67.